The number of halogens is 1. The number of nitriles is 1. The van der Waals surface area contributed by atoms with Gasteiger partial charge in [-0.3, -0.25) is 9.71 Å². The standard InChI is InChI=1S/C23H25FN6O4S/c1-30(10-11-31)35(32,33)29-19-5-3-18(24)23(17(19)13-25)34-16-2-4-20-21(12-16)28-22(14-27-20)15-6-8-26-9-7-15/h2-5,12,14-15,26,29,31H,6-11H2,1H3. The summed E-state index contributed by atoms with van der Waals surface area (Å²) in [6.45, 7) is 1.29. The minimum atomic E-state index is -4.08. The number of ether oxygens (including phenoxy) is 1. The van der Waals surface area contributed by atoms with Gasteiger partial charge in [-0.1, -0.05) is 0 Å². The summed E-state index contributed by atoms with van der Waals surface area (Å²) in [4.78, 5) is 9.20. The van der Waals surface area contributed by atoms with Crippen molar-refractivity contribution in [2.75, 3.05) is 38.0 Å². The van der Waals surface area contributed by atoms with Gasteiger partial charge in [-0.2, -0.15) is 18.0 Å². The van der Waals surface area contributed by atoms with Gasteiger partial charge in [0.05, 0.1) is 29.0 Å². The van der Waals surface area contributed by atoms with E-state index in [1.807, 2.05) is 6.07 Å². The van der Waals surface area contributed by atoms with E-state index in [-0.39, 0.29) is 30.2 Å². The Morgan fingerprint density at radius 1 is 1.29 bits per heavy atom. The summed E-state index contributed by atoms with van der Waals surface area (Å²) in [5.41, 5.74) is 1.62. The molecule has 4 rings (SSSR count). The Morgan fingerprint density at radius 2 is 2.06 bits per heavy atom. The third-order valence-electron chi connectivity index (χ3n) is 5.80. The molecule has 10 nitrogen and oxygen atoms in total. The first-order chi connectivity index (χ1) is 16.8. The third kappa shape index (κ3) is 5.49. The highest BCUT2D eigenvalue weighted by Crippen LogP contribution is 2.34. The van der Waals surface area contributed by atoms with Gasteiger partial charge in [-0.15, -0.1) is 0 Å². The van der Waals surface area contributed by atoms with E-state index in [1.54, 1.807) is 24.4 Å². The van der Waals surface area contributed by atoms with Gasteiger partial charge in [0.25, 0.3) is 0 Å². The second kappa shape index (κ2) is 10.5. The summed E-state index contributed by atoms with van der Waals surface area (Å²) in [5, 5.41) is 22.0. The Labute approximate surface area is 202 Å². The Kier molecular flexibility index (Phi) is 7.42. The van der Waals surface area contributed by atoms with Crippen LogP contribution in [0.5, 0.6) is 11.5 Å². The maximum absolute atomic E-state index is 14.7. The molecule has 12 heteroatoms. The molecule has 0 bridgehead atoms. The molecule has 3 N–H and O–H groups in total. The van der Waals surface area contributed by atoms with E-state index in [0.29, 0.717) is 17.0 Å². The van der Waals surface area contributed by atoms with Crippen molar-refractivity contribution < 1.29 is 22.7 Å². The number of hydrogen-bond acceptors (Lipinski definition) is 8. The molecule has 0 spiro atoms. The molecule has 1 aliphatic rings. The van der Waals surface area contributed by atoms with Gasteiger partial charge in [0.15, 0.2) is 11.6 Å². The number of hydrogen-bond donors (Lipinski definition) is 3. The van der Waals surface area contributed by atoms with Crippen LogP contribution in [0.25, 0.3) is 11.0 Å². The molecule has 1 aromatic heterocycles. The number of nitrogens with one attached hydrogen (secondary N) is 2. The molecule has 184 valence electrons. The van der Waals surface area contributed by atoms with Crippen molar-refractivity contribution in [1.82, 2.24) is 19.6 Å². The number of benzene rings is 2. The molecule has 0 radical (unpaired) electrons. The van der Waals surface area contributed by atoms with E-state index in [0.717, 1.165) is 48.1 Å². The summed E-state index contributed by atoms with van der Waals surface area (Å²) in [6.07, 6.45) is 3.70. The molecule has 2 aromatic carbocycles. The lowest BCUT2D eigenvalue weighted by molar-refractivity contribution is 0.267. The molecule has 35 heavy (non-hydrogen) atoms. The number of piperidine rings is 1. The Hall–Kier alpha value is -3.37. The van der Waals surface area contributed by atoms with Gasteiger partial charge >= 0.3 is 10.2 Å². The van der Waals surface area contributed by atoms with Crippen LogP contribution in [-0.2, 0) is 10.2 Å². The van der Waals surface area contributed by atoms with Crippen LogP contribution in [0.4, 0.5) is 10.1 Å². The molecule has 0 saturated carbocycles. The van der Waals surface area contributed by atoms with Crippen LogP contribution in [0.3, 0.4) is 0 Å². The van der Waals surface area contributed by atoms with Crippen LogP contribution in [0, 0.1) is 17.1 Å². The maximum atomic E-state index is 14.7. The highest BCUT2D eigenvalue weighted by molar-refractivity contribution is 7.90. The number of aliphatic hydroxyl groups is 1. The number of aliphatic hydroxyl groups excluding tert-OH is 1. The lowest BCUT2D eigenvalue weighted by Gasteiger charge is -2.22. The van der Waals surface area contributed by atoms with Gasteiger partial charge in [0.2, 0.25) is 0 Å². The normalized spacial score (nSPS) is 14.7. The number of aromatic nitrogens is 2. The quantitative estimate of drug-likeness (QED) is 0.429. The molecular formula is C23H25FN6O4S. The van der Waals surface area contributed by atoms with Gasteiger partial charge in [0.1, 0.15) is 17.4 Å². The fourth-order valence-electron chi connectivity index (χ4n) is 3.83. The lowest BCUT2D eigenvalue weighted by Crippen LogP contribution is -2.34. The summed E-state index contributed by atoms with van der Waals surface area (Å²) >= 11 is 0. The number of anilines is 1. The molecular weight excluding hydrogens is 475 g/mol. The first kappa shape index (κ1) is 24.7. The van der Waals surface area contributed by atoms with E-state index >= 15 is 0 Å². The van der Waals surface area contributed by atoms with Crippen molar-refractivity contribution in [3.63, 3.8) is 0 Å². The van der Waals surface area contributed by atoms with Gasteiger partial charge in [-0.05, 0) is 50.2 Å². The zero-order valence-electron chi connectivity index (χ0n) is 19.0. The van der Waals surface area contributed by atoms with Crippen molar-refractivity contribution in [3.8, 4) is 17.6 Å². The largest absolute Gasteiger partial charge is 0.453 e. The Morgan fingerprint density at radius 3 is 2.77 bits per heavy atom. The van der Waals surface area contributed by atoms with Gasteiger partial charge < -0.3 is 15.2 Å². The Bertz CT molecular complexity index is 1370. The van der Waals surface area contributed by atoms with Crippen molar-refractivity contribution in [2.45, 2.75) is 18.8 Å². The molecule has 1 saturated heterocycles. The van der Waals surface area contributed by atoms with Crippen LogP contribution >= 0.6 is 0 Å². The minimum absolute atomic E-state index is 0.150. The molecule has 1 aliphatic heterocycles. The van der Waals surface area contributed by atoms with E-state index in [1.165, 1.54) is 7.05 Å². The van der Waals surface area contributed by atoms with Crippen LogP contribution in [0.15, 0.2) is 36.5 Å². The summed E-state index contributed by atoms with van der Waals surface area (Å²) in [5.74, 6) is -0.724. The monoisotopic (exact) mass is 500 g/mol. The van der Waals surface area contributed by atoms with Crippen molar-refractivity contribution in [1.29, 1.82) is 5.26 Å². The molecule has 1 fully saturated rings. The van der Waals surface area contributed by atoms with E-state index in [2.05, 4.69) is 15.0 Å². The van der Waals surface area contributed by atoms with Crippen LogP contribution in [0.1, 0.15) is 30.0 Å². The highest BCUT2D eigenvalue weighted by Gasteiger charge is 2.23. The van der Waals surface area contributed by atoms with E-state index in [9.17, 15) is 18.1 Å². The van der Waals surface area contributed by atoms with E-state index < -0.39 is 21.8 Å². The van der Waals surface area contributed by atoms with Crippen molar-refractivity contribution in [2.24, 2.45) is 0 Å². The number of fused-ring (bicyclic) bond motifs is 1. The summed E-state index contributed by atoms with van der Waals surface area (Å²) < 4.78 is 48.5. The van der Waals surface area contributed by atoms with E-state index in [4.69, 9.17) is 14.8 Å². The Balaban J connectivity index is 1.65. The van der Waals surface area contributed by atoms with Crippen molar-refractivity contribution in [3.05, 3.63) is 53.6 Å². The second-order valence-corrected chi connectivity index (χ2v) is 9.91. The average Bonchev–Trinajstić information content (AvgIpc) is 2.86. The molecule has 3 aromatic rings. The van der Waals surface area contributed by atoms with Gasteiger partial charge in [0, 0.05) is 31.8 Å². The van der Waals surface area contributed by atoms with Crippen LogP contribution < -0.4 is 14.8 Å². The third-order valence-corrected chi connectivity index (χ3v) is 7.28. The highest BCUT2D eigenvalue weighted by atomic mass is 32.2. The molecule has 0 amide bonds. The lowest BCUT2D eigenvalue weighted by atomic mass is 9.95. The molecule has 0 atom stereocenters. The molecule has 0 aliphatic carbocycles. The zero-order valence-corrected chi connectivity index (χ0v) is 19.8. The number of rotatable bonds is 8. The summed E-state index contributed by atoms with van der Waals surface area (Å²) in [7, 11) is -2.82. The molecule has 2 heterocycles. The number of likely N-dealkylation sites (N-methyl/N-ethyl adjacent to an activating group) is 1. The van der Waals surface area contributed by atoms with Crippen LogP contribution in [0.2, 0.25) is 0 Å². The van der Waals surface area contributed by atoms with Crippen LogP contribution in [-0.4, -0.2) is 61.1 Å². The average molecular weight is 501 g/mol. The summed E-state index contributed by atoms with van der Waals surface area (Å²) in [6, 6.07) is 8.84. The maximum Gasteiger partial charge on any atom is 0.301 e. The second-order valence-electron chi connectivity index (χ2n) is 8.13. The SMILES string of the molecule is CN(CCO)S(=O)(=O)Nc1ccc(F)c(Oc2ccc3ncc(C4CCNCC4)nc3c2)c1C#N. The topological polar surface area (TPSA) is 140 Å². The number of nitrogens with zero attached hydrogens (tertiary/aromatic N) is 4. The smallest absolute Gasteiger partial charge is 0.301 e. The first-order valence-corrected chi connectivity index (χ1v) is 12.5. The first-order valence-electron chi connectivity index (χ1n) is 11.0. The van der Waals surface area contributed by atoms with Crippen molar-refractivity contribution >= 4 is 26.9 Å². The fraction of sp³-hybridized carbons (Fsp3) is 0.348. The predicted octanol–water partition coefficient (Wildman–Crippen LogP) is 2.48. The fourth-order valence-corrected chi connectivity index (χ4v) is 4.76. The predicted molar refractivity (Wildman–Crippen MR) is 128 cm³/mol. The van der Waals surface area contributed by atoms with Gasteiger partial charge in [-0.25, -0.2) is 9.37 Å². The zero-order chi connectivity index (χ0) is 25.0. The minimum Gasteiger partial charge on any atom is -0.453 e. The molecule has 0 unspecified atom stereocenters.